The van der Waals surface area contributed by atoms with Crippen LogP contribution in [-0.2, 0) is 9.53 Å². The van der Waals surface area contributed by atoms with Crippen molar-refractivity contribution in [1.82, 2.24) is 5.32 Å². The van der Waals surface area contributed by atoms with Crippen molar-refractivity contribution in [2.24, 2.45) is 0 Å². The lowest BCUT2D eigenvalue weighted by atomic mass is 10.0. The lowest BCUT2D eigenvalue weighted by Gasteiger charge is -2.20. The third kappa shape index (κ3) is 5.39. The van der Waals surface area contributed by atoms with Crippen LogP contribution in [-0.4, -0.2) is 30.3 Å². The van der Waals surface area contributed by atoms with E-state index in [9.17, 15) is 14.3 Å². The summed E-state index contributed by atoms with van der Waals surface area (Å²) in [5.41, 5.74) is 0.544. The van der Waals surface area contributed by atoms with Gasteiger partial charge in [-0.25, -0.2) is 4.39 Å². The molecular formula is C15H18FNO3. The van der Waals surface area contributed by atoms with Gasteiger partial charge in [-0.1, -0.05) is 18.1 Å². The smallest absolute Gasteiger partial charge is 0.222 e. The third-order valence-electron chi connectivity index (χ3n) is 2.73. The number of rotatable bonds is 7. The molecule has 0 spiro atoms. The Morgan fingerprint density at radius 1 is 1.50 bits per heavy atom. The highest BCUT2D eigenvalue weighted by atomic mass is 19.1. The SMILES string of the molecule is C#CCOCCC(=O)NC(C)C(O)c1ccc(F)cc1. The monoisotopic (exact) mass is 279 g/mol. The van der Waals surface area contributed by atoms with Crippen LogP contribution < -0.4 is 5.32 Å². The van der Waals surface area contributed by atoms with Gasteiger partial charge in [0.2, 0.25) is 5.91 Å². The Kier molecular flexibility index (Phi) is 6.71. The first-order chi connectivity index (χ1) is 9.54. The second-order valence-electron chi connectivity index (χ2n) is 4.36. The zero-order valence-corrected chi connectivity index (χ0v) is 11.3. The maximum atomic E-state index is 12.8. The van der Waals surface area contributed by atoms with E-state index in [0.717, 1.165) is 0 Å². The molecule has 0 aromatic heterocycles. The average Bonchev–Trinajstić information content (AvgIpc) is 2.43. The number of carbonyl (C=O) groups excluding carboxylic acids is 1. The fourth-order valence-electron chi connectivity index (χ4n) is 1.65. The quantitative estimate of drug-likeness (QED) is 0.586. The van der Waals surface area contributed by atoms with Crippen molar-refractivity contribution in [3.63, 3.8) is 0 Å². The molecule has 2 atom stereocenters. The number of terminal acetylenes is 1. The topological polar surface area (TPSA) is 58.6 Å². The minimum Gasteiger partial charge on any atom is -0.386 e. The predicted molar refractivity (Wildman–Crippen MR) is 73.2 cm³/mol. The van der Waals surface area contributed by atoms with Gasteiger partial charge < -0.3 is 15.2 Å². The van der Waals surface area contributed by atoms with Crippen LogP contribution in [0.3, 0.4) is 0 Å². The fraction of sp³-hybridized carbons (Fsp3) is 0.400. The lowest BCUT2D eigenvalue weighted by molar-refractivity contribution is -0.123. The van der Waals surface area contributed by atoms with E-state index in [0.29, 0.717) is 5.56 Å². The summed E-state index contributed by atoms with van der Waals surface area (Å²) in [5.74, 6) is 1.69. The van der Waals surface area contributed by atoms with Crippen molar-refractivity contribution in [2.75, 3.05) is 13.2 Å². The third-order valence-corrected chi connectivity index (χ3v) is 2.73. The van der Waals surface area contributed by atoms with Crippen molar-refractivity contribution in [3.8, 4) is 12.3 Å². The van der Waals surface area contributed by atoms with Crippen LogP contribution in [0.5, 0.6) is 0 Å². The lowest BCUT2D eigenvalue weighted by Crippen LogP contribution is -2.37. The molecule has 0 aliphatic carbocycles. The Morgan fingerprint density at radius 2 is 2.15 bits per heavy atom. The van der Waals surface area contributed by atoms with E-state index in [2.05, 4.69) is 11.2 Å². The van der Waals surface area contributed by atoms with Gasteiger partial charge in [-0.05, 0) is 24.6 Å². The molecule has 0 aliphatic heterocycles. The molecule has 0 radical (unpaired) electrons. The van der Waals surface area contributed by atoms with Gasteiger partial charge in [0.05, 0.1) is 25.2 Å². The summed E-state index contributed by atoms with van der Waals surface area (Å²) in [7, 11) is 0. The van der Waals surface area contributed by atoms with Crippen LogP contribution in [0.25, 0.3) is 0 Å². The number of halogens is 1. The molecule has 2 N–H and O–H groups in total. The Balaban J connectivity index is 2.41. The van der Waals surface area contributed by atoms with Gasteiger partial charge in [-0.3, -0.25) is 4.79 Å². The van der Waals surface area contributed by atoms with Crippen LogP contribution in [0.2, 0.25) is 0 Å². The highest BCUT2D eigenvalue weighted by molar-refractivity contribution is 5.76. The number of carbonyl (C=O) groups is 1. The molecule has 0 saturated carbocycles. The number of aliphatic hydroxyl groups excluding tert-OH is 1. The highest BCUT2D eigenvalue weighted by Crippen LogP contribution is 2.17. The molecule has 1 aromatic carbocycles. The molecule has 0 bridgehead atoms. The summed E-state index contributed by atoms with van der Waals surface area (Å²) >= 11 is 0. The van der Waals surface area contributed by atoms with Gasteiger partial charge in [-0.15, -0.1) is 6.42 Å². The molecule has 0 fully saturated rings. The van der Waals surface area contributed by atoms with Gasteiger partial charge in [0.1, 0.15) is 12.4 Å². The van der Waals surface area contributed by atoms with Crippen molar-refractivity contribution in [1.29, 1.82) is 0 Å². The van der Waals surface area contributed by atoms with Crippen LogP contribution in [0.4, 0.5) is 4.39 Å². The minimum atomic E-state index is -0.897. The van der Waals surface area contributed by atoms with Gasteiger partial charge >= 0.3 is 0 Å². The van der Waals surface area contributed by atoms with Crippen molar-refractivity contribution >= 4 is 5.91 Å². The van der Waals surface area contributed by atoms with E-state index in [-0.39, 0.29) is 31.4 Å². The molecule has 108 valence electrons. The van der Waals surface area contributed by atoms with E-state index in [1.807, 2.05) is 0 Å². The molecule has 4 nitrogen and oxygen atoms in total. The van der Waals surface area contributed by atoms with Crippen LogP contribution in [0, 0.1) is 18.2 Å². The van der Waals surface area contributed by atoms with Gasteiger partial charge in [0.15, 0.2) is 0 Å². The normalized spacial score (nSPS) is 13.3. The van der Waals surface area contributed by atoms with Crippen LogP contribution >= 0.6 is 0 Å². The first-order valence-electron chi connectivity index (χ1n) is 6.28. The molecule has 1 rings (SSSR count). The highest BCUT2D eigenvalue weighted by Gasteiger charge is 2.18. The average molecular weight is 279 g/mol. The van der Waals surface area contributed by atoms with E-state index < -0.39 is 12.1 Å². The van der Waals surface area contributed by atoms with E-state index in [4.69, 9.17) is 11.2 Å². The molecule has 20 heavy (non-hydrogen) atoms. The predicted octanol–water partition coefficient (Wildman–Crippen LogP) is 1.40. The number of nitrogens with one attached hydrogen (secondary N) is 1. The first-order valence-corrected chi connectivity index (χ1v) is 6.28. The summed E-state index contributed by atoms with van der Waals surface area (Å²) in [6.07, 6.45) is 4.28. The molecule has 0 aliphatic rings. The summed E-state index contributed by atoms with van der Waals surface area (Å²) in [5, 5.41) is 12.7. The summed E-state index contributed by atoms with van der Waals surface area (Å²) in [4.78, 5) is 11.6. The van der Waals surface area contributed by atoms with Gasteiger partial charge in [-0.2, -0.15) is 0 Å². The number of hydrogen-bond donors (Lipinski definition) is 2. The standard InChI is InChI=1S/C15H18FNO3/c1-3-9-20-10-8-14(18)17-11(2)15(19)12-4-6-13(16)7-5-12/h1,4-7,11,15,19H,8-10H2,2H3,(H,17,18). The maximum Gasteiger partial charge on any atom is 0.222 e. The minimum absolute atomic E-state index is 0.168. The Bertz CT molecular complexity index is 467. The Labute approximate surface area is 117 Å². The van der Waals surface area contributed by atoms with Crippen LogP contribution in [0.1, 0.15) is 25.0 Å². The number of aliphatic hydroxyl groups is 1. The van der Waals surface area contributed by atoms with E-state index >= 15 is 0 Å². The zero-order chi connectivity index (χ0) is 15.0. The van der Waals surface area contributed by atoms with E-state index in [1.54, 1.807) is 6.92 Å². The molecule has 1 aromatic rings. The van der Waals surface area contributed by atoms with Crippen molar-refractivity contribution in [3.05, 3.63) is 35.6 Å². The molecule has 2 unspecified atom stereocenters. The second-order valence-corrected chi connectivity index (χ2v) is 4.36. The van der Waals surface area contributed by atoms with Gasteiger partial charge in [0.25, 0.3) is 0 Å². The summed E-state index contributed by atoms with van der Waals surface area (Å²) in [6.45, 7) is 2.07. The number of amides is 1. The Hall–Kier alpha value is -1.90. The maximum absolute atomic E-state index is 12.8. The van der Waals surface area contributed by atoms with E-state index in [1.165, 1.54) is 24.3 Å². The Morgan fingerprint density at radius 3 is 2.75 bits per heavy atom. The largest absolute Gasteiger partial charge is 0.386 e. The second kappa shape index (κ2) is 8.31. The molecule has 1 amide bonds. The zero-order valence-electron chi connectivity index (χ0n) is 11.3. The molecule has 5 heteroatoms. The molecule has 0 saturated heterocycles. The van der Waals surface area contributed by atoms with Gasteiger partial charge in [0, 0.05) is 0 Å². The fourth-order valence-corrected chi connectivity index (χ4v) is 1.65. The van der Waals surface area contributed by atoms with Crippen molar-refractivity contribution in [2.45, 2.75) is 25.5 Å². The summed E-state index contributed by atoms with van der Waals surface area (Å²) in [6, 6.07) is 5.01. The number of ether oxygens (including phenoxy) is 1. The number of hydrogen-bond acceptors (Lipinski definition) is 3. The first kappa shape index (κ1) is 16.2. The molecule has 0 heterocycles. The summed E-state index contributed by atoms with van der Waals surface area (Å²) < 4.78 is 17.8. The molecular weight excluding hydrogens is 261 g/mol. The number of benzene rings is 1. The van der Waals surface area contributed by atoms with Crippen molar-refractivity contribution < 1.29 is 19.0 Å². The van der Waals surface area contributed by atoms with Crippen LogP contribution in [0.15, 0.2) is 24.3 Å².